The third kappa shape index (κ3) is 3.09. The maximum Gasteiger partial charge on any atom is 0.0605 e. The minimum absolute atomic E-state index is 0.145. The van der Waals surface area contributed by atoms with Crippen LogP contribution in [0.3, 0.4) is 0 Å². The Morgan fingerprint density at radius 3 is 2.74 bits per heavy atom. The highest BCUT2D eigenvalue weighted by molar-refractivity contribution is 5.45. The lowest BCUT2D eigenvalue weighted by atomic mass is 9.99. The van der Waals surface area contributed by atoms with Gasteiger partial charge in [0.2, 0.25) is 0 Å². The Kier molecular flexibility index (Phi) is 4.12. The summed E-state index contributed by atoms with van der Waals surface area (Å²) in [5.74, 6) is 0. The van der Waals surface area contributed by atoms with E-state index in [1.165, 1.54) is 11.1 Å². The Bertz CT molecular complexity index is 566. The van der Waals surface area contributed by atoms with E-state index in [0.29, 0.717) is 0 Å². The highest BCUT2D eigenvalue weighted by atomic mass is 14.9. The average Bonchev–Trinajstić information content (AvgIpc) is 2.39. The maximum absolute atomic E-state index is 5.98. The molecule has 1 unspecified atom stereocenters. The van der Waals surface area contributed by atoms with Crippen molar-refractivity contribution in [3.63, 3.8) is 0 Å². The number of nitrogens with one attached hydrogen (secondary N) is 1. The number of pyridine rings is 2. The van der Waals surface area contributed by atoms with Gasteiger partial charge in [-0.1, -0.05) is 6.07 Å². The van der Waals surface area contributed by atoms with Crippen LogP contribution in [0.1, 0.15) is 28.4 Å². The number of anilines is 1. The molecular formula is C15H20N4. The first-order valence-electron chi connectivity index (χ1n) is 6.40. The molecule has 2 aromatic heterocycles. The van der Waals surface area contributed by atoms with Crippen LogP contribution >= 0.6 is 0 Å². The van der Waals surface area contributed by atoms with E-state index in [4.69, 9.17) is 5.73 Å². The fourth-order valence-electron chi connectivity index (χ4n) is 2.25. The summed E-state index contributed by atoms with van der Waals surface area (Å²) in [7, 11) is 1.94. The first-order valence-corrected chi connectivity index (χ1v) is 6.40. The molecule has 1 atom stereocenters. The summed E-state index contributed by atoms with van der Waals surface area (Å²) in [6, 6.07) is 4.13. The summed E-state index contributed by atoms with van der Waals surface area (Å²) in [6.07, 6.45) is 6.22. The summed E-state index contributed by atoms with van der Waals surface area (Å²) >= 11 is 0. The maximum atomic E-state index is 5.98. The predicted octanol–water partition coefficient (Wildman–Crippen LogP) is 2.18. The minimum Gasteiger partial charge on any atom is -0.398 e. The number of nitrogen functional groups attached to an aromatic ring is 1. The highest BCUT2D eigenvalue weighted by Crippen LogP contribution is 2.22. The standard InChI is InChI=1S/C15H20N4/c1-10-6-11(2)15(19-8-10)14(17-3)7-12-9-18-5-4-13(12)16/h4-6,8-9,14,17H,7H2,1-3H3,(H2,16,18). The molecule has 4 heteroatoms. The van der Waals surface area contributed by atoms with Gasteiger partial charge in [0, 0.05) is 24.3 Å². The highest BCUT2D eigenvalue weighted by Gasteiger charge is 2.15. The smallest absolute Gasteiger partial charge is 0.0605 e. The first-order chi connectivity index (χ1) is 9.11. The average molecular weight is 256 g/mol. The Balaban J connectivity index is 2.28. The quantitative estimate of drug-likeness (QED) is 0.880. The number of likely N-dealkylation sites (N-methyl/N-ethyl adjacent to an activating group) is 1. The zero-order chi connectivity index (χ0) is 13.8. The van der Waals surface area contributed by atoms with Gasteiger partial charge in [0.15, 0.2) is 0 Å². The molecule has 0 aliphatic rings. The van der Waals surface area contributed by atoms with Crippen molar-refractivity contribution in [2.24, 2.45) is 0 Å². The van der Waals surface area contributed by atoms with Crippen molar-refractivity contribution in [2.45, 2.75) is 26.3 Å². The van der Waals surface area contributed by atoms with Crippen LogP contribution in [0.4, 0.5) is 5.69 Å². The molecule has 3 N–H and O–H groups in total. The van der Waals surface area contributed by atoms with Crippen molar-refractivity contribution in [2.75, 3.05) is 12.8 Å². The molecule has 0 amide bonds. The number of nitrogens with zero attached hydrogens (tertiary/aromatic N) is 2. The van der Waals surface area contributed by atoms with E-state index in [1.54, 1.807) is 6.20 Å². The van der Waals surface area contributed by atoms with Crippen molar-refractivity contribution in [3.05, 3.63) is 53.1 Å². The van der Waals surface area contributed by atoms with Crippen LogP contribution in [0, 0.1) is 13.8 Å². The van der Waals surface area contributed by atoms with Crippen molar-refractivity contribution in [1.29, 1.82) is 0 Å². The van der Waals surface area contributed by atoms with Gasteiger partial charge in [0.25, 0.3) is 0 Å². The monoisotopic (exact) mass is 256 g/mol. The zero-order valence-corrected chi connectivity index (χ0v) is 11.6. The van der Waals surface area contributed by atoms with Crippen LogP contribution in [0.2, 0.25) is 0 Å². The molecule has 0 saturated carbocycles. The molecular weight excluding hydrogens is 236 g/mol. The zero-order valence-electron chi connectivity index (χ0n) is 11.6. The molecule has 4 nitrogen and oxygen atoms in total. The SMILES string of the molecule is CNC(Cc1cnccc1N)c1ncc(C)cc1C. The molecule has 0 radical (unpaired) electrons. The topological polar surface area (TPSA) is 63.8 Å². The molecule has 0 bridgehead atoms. The van der Waals surface area contributed by atoms with E-state index in [1.807, 2.05) is 25.5 Å². The van der Waals surface area contributed by atoms with Gasteiger partial charge in [0.05, 0.1) is 11.7 Å². The molecule has 0 spiro atoms. The lowest BCUT2D eigenvalue weighted by Gasteiger charge is -2.18. The first kappa shape index (κ1) is 13.5. The van der Waals surface area contributed by atoms with E-state index >= 15 is 0 Å². The second-order valence-electron chi connectivity index (χ2n) is 4.83. The van der Waals surface area contributed by atoms with E-state index in [2.05, 4.69) is 35.2 Å². The van der Waals surface area contributed by atoms with Crippen LogP contribution in [0.25, 0.3) is 0 Å². The summed E-state index contributed by atoms with van der Waals surface area (Å²) in [4.78, 5) is 8.69. The van der Waals surface area contributed by atoms with Crippen LogP contribution in [0.15, 0.2) is 30.7 Å². The summed E-state index contributed by atoms with van der Waals surface area (Å²) in [6.45, 7) is 4.14. The summed E-state index contributed by atoms with van der Waals surface area (Å²) < 4.78 is 0. The molecule has 0 aromatic carbocycles. The van der Waals surface area contributed by atoms with Gasteiger partial charge in [-0.05, 0) is 50.1 Å². The van der Waals surface area contributed by atoms with Crippen molar-refractivity contribution in [3.8, 4) is 0 Å². The van der Waals surface area contributed by atoms with Crippen LogP contribution in [-0.2, 0) is 6.42 Å². The third-order valence-electron chi connectivity index (χ3n) is 3.30. The summed E-state index contributed by atoms with van der Waals surface area (Å²) in [5.41, 5.74) is 11.2. The Morgan fingerprint density at radius 2 is 2.11 bits per heavy atom. The van der Waals surface area contributed by atoms with Crippen LogP contribution in [0.5, 0.6) is 0 Å². The number of hydrogen-bond acceptors (Lipinski definition) is 4. The Labute approximate surface area is 114 Å². The molecule has 2 heterocycles. The van der Waals surface area contributed by atoms with E-state index in [9.17, 15) is 0 Å². The van der Waals surface area contributed by atoms with Crippen LogP contribution < -0.4 is 11.1 Å². The lowest BCUT2D eigenvalue weighted by molar-refractivity contribution is 0.572. The second kappa shape index (κ2) is 5.80. The molecule has 0 aliphatic carbocycles. The van der Waals surface area contributed by atoms with Gasteiger partial charge in [-0.25, -0.2) is 0 Å². The van der Waals surface area contributed by atoms with E-state index in [0.717, 1.165) is 23.4 Å². The number of rotatable bonds is 4. The molecule has 19 heavy (non-hydrogen) atoms. The number of hydrogen-bond donors (Lipinski definition) is 2. The van der Waals surface area contributed by atoms with Crippen molar-refractivity contribution >= 4 is 5.69 Å². The van der Waals surface area contributed by atoms with Gasteiger partial charge in [0.1, 0.15) is 0 Å². The Morgan fingerprint density at radius 1 is 1.32 bits per heavy atom. The third-order valence-corrected chi connectivity index (χ3v) is 3.30. The molecule has 0 fully saturated rings. The Hall–Kier alpha value is -1.94. The van der Waals surface area contributed by atoms with Gasteiger partial charge < -0.3 is 11.1 Å². The van der Waals surface area contributed by atoms with Crippen LogP contribution in [-0.4, -0.2) is 17.0 Å². The number of aryl methyl sites for hydroxylation is 2. The van der Waals surface area contributed by atoms with Gasteiger partial charge >= 0.3 is 0 Å². The fourth-order valence-corrected chi connectivity index (χ4v) is 2.25. The minimum atomic E-state index is 0.145. The normalized spacial score (nSPS) is 12.4. The number of aromatic nitrogens is 2. The largest absolute Gasteiger partial charge is 0.398 e. The van der Waals surface area contributed by atoms with Gasteiger partial charge in [-0.3, -0.25) is 9.97 Å². The van der Waals surface area contributed by atoms with Gasteiger partial charge in [-0.2, -0.15) is 0 Å². The molecule has 100 valence electrons. The van der Waals surface area contributed by atoms with E-state index < -0.39 is 0 Å². The molecule has 2 rings (SSSR count). The molecule has 0 saturated heterocycles. The second-order valence-corrected chi connectivity index (χ2v) is 4.83. The van der Waals surface area contributed by atoms with Gasteiger partial charge in [-0.15, -0.1) is 0 Å². The molecule has 2 aromatic rings. The number of nitrogens with two attached hydrogens (primary N) is 1. The lowest BCUT2D eigenvalue weighted by Crippen LogP contribution is -2.21. The van der Waals surface area contributed by atoms with Crippen molar-refractivity contribution < 1.29 is 0 Å². The van der Waals surface area contributed by atoms with E-state index in [-0.39, 0.29) is 6.04 Å². The fraction of sp³-hybridized carbons (Fsp3) is 0.333. The van der Waals surface area contributed by atoms with Crippen molar-refractivity contribution in [1.82, 2.24) is 15.3 Å². The predicted molar refractivity (Wildman–Crippen MR) is 77.9 cm³/mol. The summed E-state index contributed by atoms with van der Waals surface area (Å²) in [5, 5.41) is 3.31. The molecule has 0 aliphatic heterocycles.